The number of aldehydes is 1. The summed E-state index contributed by atoms with van der Waals surface area (Å²) < 4.78 is 12.5. The molecule has 1 heterocycles. The summed E-state index contributed by atoms with van der Waals surface area (Å²) in [6.07, 6.45) is 2.64. The van der Waals surface area contributed by atoms with Gasteiger partial charge in [0.25, 0.3) is 0 Å². The fourth-order valence-electron chi connectivity index (χ4n) is 1.98. The molecule has 21 heavy (non-hydrogen) atoms. The van der Waals surface area contributed by atoms with Crippen LogP contribution in [0.5, 0.6) is 11.6 Å². The lowest BCUT2D eigenvalue weighted by atomic mass is 10.3. The number of hydrogen-bond donors (Lipinski definition) is 0. The number of aromatic nitrogens is 1. The van der Waals surface area contributed by atoms with Crippen molar-refractivity contribution in [2.24, 2.45) is 0 Å². The molecule has 2 aromatic rings. The summed E-state index contributed by atoms with van der Waals surface area (Å²) in [5.74, 6) is 2.11. The fourth-order valence-corrected chi connectivity index (χ4v) is 2.86. The average molecular weight is 303 g/mol. The molecule has 0 aliphatic heterocycles. The molecule has 0 bridgehead atoms. The molecule has 0 spiro atoms. The van der Waals surface area contributed by atoms with E-state index in [-0.39, 0.29) is 0 Å². The Morgan fingerprint density at radius 2 is 1.95 bits per heavy atom. The van der Waals surface area contributed by atoms with E-state index in [0.29, 0.717) is 17.2 Å². The maximum Gasteiger partial charge on any atom is 0.199 e. The van der Waals surface area contributed by atoms with Crippen LogP contribution in [0.25, 0.3) is 5.69 Å². The molecule has 1 aromatic heterocycles. The molecule has 1 aromatic carbocycles. The number of benzene rings is 1. The van der Waals surface area contributed by atoms with E-state index in [1.807, 2.05) is 28.8 Å². The Labute approximate surface area is 128 Å². The highest BCUT2D eigenvalue weighted by Crippen LogP contribution is 2.34. The van der Waals surface area contributed by atoms with E-state index in [0.717, 1.165) is 22.7 Å². The zero-order valence-electron chi connectivity index (χ0n) is 12.0. The Balaban J connectivity index is 2.54. The van der Waals surface area contributed by atoms with Crippen LogP contribution in [0.15, 0.2) is 48.0 Å². The molecular weight excluding hydrogens is 286 g/mol. The Morgan fingerprint density at radius 1 is 1.24 bits per heavy atom. The van der Waals surface area contributed by atoms with Gasteiger partial charge in [0.15, 0.2) is 12.2 Å². The van der Waals surface area contributed by atoms with Crippen LogP contribution in [0, 0.1) is 0 Å². The first-order valence-corrected chi connectivity index (χ1v) is 7.36. The van der Waals surface area contributed by atoms with Crippen LogP contribution in [-0.2, 0) is 0 Å². The summed E-state index contributed by atoms with van der Waals surface area (Å²) in [5, 5.41) is 0.840. The number of thioether (sulfide) groups is 1. The number of carbonyl (C=O) groups is 1. The minimum Gasteiger partial charge on any atom is -0.497 e. The van der Waals surface area contributed by atoms with Gasteiger partial charge >= 0.3 is 0 Å². The van der Waals surface area contributed by atoms with Crippen molar-refractivity contribution < 1.29 is 14.3 Å². The maximum absolute atomic E-state index is 11.3. The number of hydrogen-bond acceptors (Lipinski definition) is 4. The molecule has 0 saturated heterocycles. The molecule has 0 amide bonds. The summed E-state index contributed by atoms with van der Waals surface area (Å²) >= 11 is 1.54. The monoisotopic (exact) mass is 303 g/mol. The summed E-state index contributed by atoms with van der Waals surface area (Å²) in [4.78, 5) is 11.3. The highest BCUT2D eigenvalue weighted by Gasteiger charge is 2.17. The van der Waals surface area contributed by atoms with E-state index in [4.69, 9.17) is 9.47 Å². The van der Waals surface area contributed by atoms with Gasteiger partial charge in [0.05, 0.1) is 24.8 Å². The zero-order chi connectivity index (χ0) is 15.2. The van der Waals surface area contributed by atoms with Crippen molar-refractivity contribution in [3.8, 4) is 17.3 Å². The van der Waals surface area contributed by atoms with Gasteiger partial charge in [0, 0.05) is 17.5 Å². The highest BCUT2D eigenvalue weighted by atomic mass is 32.2. The number of rotatable bonds is 7. The molecule has 0 unspecified atom stereocenters. The van der Waals surface area contributed by atoms with Crippen molar-refractivity contribution in [1.82, 2.24) is 4.57 Å². The summed E-state index contributed by atoms with van der Waals surface area (Å²) in [5.41, 5.74) is 1.52. The maximum atomic E-state index is 11.3. The smallest absolute Gasteiger partial charge is 0.199 e. The van der Waals surface area contributed by atoms with Gasteiger partial charge in [-0.3, -0.25) is 9.36 Å². The predicted octanol–water partition coefficient (Wildman–Crippen LogP) is 3.59. The van der Waals surface area contributed by atoms with E-state index < -0.39 is 0 Å². The third-order valence-corrected chi connectivity index (χ3v) is 4.05. The fraction of sp³-hybridized carbons (Fsp3) is 0.188. The third kappa shape index (κ3) is 3.13. The molecule has 0 aliphatic rings. The molecule has 0 atom stereocenters. The molecule has 110 valence electrons. The third-order valence-electron chi connectivity index (χ3n) is 2.95. The highest BCUT2D eigenvalue weighted by molar-refractivity contribution is 7.99. The van der Waals surface area contributed by atoms with Crippen molar-refractivity contribution in [3.63, 3.8) is 0 Å². The van der Waals surface area contributed by atoms with Gasteiger partial charge in [-0.05, 0) is 24.3 Å². The molecule has 2 rings (SSSR count). The van der Waals surface area contributed by atoms with Crippen LogP contribution in [0.3, 0.4) is 0 Å². The van der Waals surface area contributed by atoms with Crippen LogP contribution in [-0.4, -0.2) is 30.8 Å². The number of methoxy groups -OCH3 is 2. The van der Waals surface area contributed by atoms with Gasteiger partial charge < -0.3 is 9.47 Å². The lowest BCUT2D eigenvalue weighted by Gasteiger charge is -2.12. The van der Waals surface area contributed by atoms with Crippen LogP contribution < -0.4 is 9.47 Å². The minimum absolute atomic E-state index is 0.606. The van der Waals surface area contributed by atoms with Gasteiger partial charge in [-0.2, -0.15) is 0 Å². The molecular formula is C16H17NO3S. The minimum atomic E-state index is 0.606. The van der Waals surface area contributed by atoms with E-state index in [1.54, 1.807) is 38.1 Å². The normalized spacial score (nSPS) is 10.2. The Hall–Kier alpha value is -2.14. The lowest BCUT2D eigenvalue weighted by molar-refractivity contribution is 0.112. The standard InChI is InChI=1S/C16H17NO3S/c1-4-9-21-16-12(11-18)10-15(20-3)17(16)13-5-7-14(19-2)8-6-13/h4-8,10-11H,1,9H2,2-3H3. The van der Waals surface area contributed by atoms with Crippen LogP contribution in [0.1, 0.15) is 10.4 Å². The van der Waals surface area contributed by atoms with Crippen molar-refractivity contribution in [2.75, 3.05) is 20.0 Å². The molecule has 0 N–H and O–H groups in total. The van der Waals surface area contributed by atoms with Crippen molar-refractivity contribution in [3.05, 3.63) is 48.6 Å². The second-order valence-corrected chi connectivity index (χ2v) is 5.21. The van der Waals surface area contributed by atoms with Crippen molar-refractivity contribution in [2.45, 2.75) is 5.03 Å². The van der Waals surface area contributed by atoms with Crippen molar-refractivity contribution in [1.29, 1.82) is 0 Å². The molecule has 0 fully saturated rings. The van der Waals surface area contributed by atoms with Gasteiger partial charge in [-0.25, -0.2) is 0 Å². The second kappa shape index (κ2) is 7.04. The number of ether oxygens (including phenoxy) is 2. The number of carbonyl (C=O) groups excluding carboxylic acids is 1. The van der Waals surface area contributed by atoms with Crippen LogP contribution in [0.2, 0.25) is 0 Å². The first kappa shape index (κ1) is 15.3. The van der Waals surface area contributed by atoms with E-state index in [2.05, 4.69) is 6.58 Å². The van der Waals surface area contributed by atoms with E-state index in [9.17, 15) is 4.79 Å². The van der Waals surface area contributed by atoms with Gasteiger partial charge in [-0.15, -0.1) is 18.3 Å². The molecule has 4 nitrogen and oxygen atoms in total. The Bertz CT molecular complexity index is 632. The molecule has 0 saturated carbocycles. The zero-order valence-corrected chi connectivity index (χ0v) is 12.9. The van der Waals surface area contributed by atoms with Gasteiger partial charge in [-0.1, -0.05) is 6.08 Å². The average Bonchev–Trinajstić information content (AvgIpc) is 2.90. The number of nitrogens with zero attached hydrogens (tertiary/aromatic N) is 1. The van der Waals surface area contributed by atoms with Gasteiger partial charge in [0.2, 0.25) is 0 Å². The van der Waals surface area contributed by atoms with Crippen molar-refractivity contribution >= 4 is 18.0 Å². The lowest BCUT2D eigenvalue weighted by Crippen LogP contribution is -2.00. The molecule has 0 radical (unpaired) electrons. The quantitative estimate of drug-likeness (QED) is 0.445. The summed E-state index contributed by atoms with van der Waals surface area (Å²) in [6, 6.07) is 9.33. The topological polar surface area (TPSA) is 40.5 Å². The first-order valence-electron chi connectivity index (χ1n) is 6.38. The largest absolute Gasteiger partial charge is 0.497 e. The SMILES string of the molecule is C=CCSc1c(C=O)cc(OC)n1-c1ccc(OC)cc1. The van der Waals surface area contributed by atoms with E-state index in [1.165, 1.54) is 0 Å². The predicted molar refractivity (Wildman–Crippen MR) is 85.2 cm³/mol. The van der Waals surface area contributed by atoms with Crippen LogP contribution >= 0.6 is 11.8 Å². The van der Waals surface area contributed by atoms with Crippen LogP contribution in [0.4, 0.5) is 0 Å². The van der Waals surface area contributed by atoms with Gasteiger partial charge in [0.1, 0.15) is 5.75 Å². The summed E-state index contributed by atoms with van der Waals surface area (Å²) in [7, 11) is 3.22. The first-order chi connectivity index (χ1) is 10.2. The van der Waals surface area contributed by atoms with E-state index >= 15 is 0 Å². The second-order valence-electron chi connectivity index (χ2n) is 4.20. The Morgan fingerprint density at radius 3 is 2.48 bits per heavy atom. The molecule has 0 aliphatic carbocycles. The Kier molecular flexibility index (Phi) is 5.11. The molecule has 5 heteroatoms. The summed E-state index contributed by atoms with van der Waals surface area (Å²) in [6.45, 7) is 3.72.